The maximum atomic E-state index is 10.8. The van der Waals surface area contributed by atoms with Gasteiger partial charge in [-0.05, 0) is 29.7 Å². The number of hydrogen-bond donors (Lipinski definition) is 1. The van der Waals surface area contributed by atoms with Gasteiger partial charge in [0.25, 0.3) is 5.69 Å². The van der Waals surface area contributed by atoms with E-state index in [-0.39, 0.29) is 16.7 Å². The Morgan fingerprint density at radius 2 is 2.29 bits per heavy atom. The summed E-state index contributed by atoms with van der Waals surface area (Å²) in [6.45, 7) is 1.13. The molecule has 0 saturated heterocycles. The van der Waals surface area contributed by atoms with Crippen molar-refractivity contribution < 1.29 is 14.5 Å². The zero-order valence-corrected chi connectivity index (χ0v) is 13.2. The molecule has 0 atom stereocenters. The first kappa shape index (κ1) is 16.2. The second kappa shape index (κ2) is 7.24. The highest BCUT2D eigenvalue weighted by Crippen LogP contribution is 2.28. The lowest BCUT2D eigenvalue weighted by atomic mass is 10.0. The van der Waals surface area contributed by atoms with Crippen molar-refractivity contribution in [3.8, 4) is 5.75 Å². The fourth-order valence-corrected chi connectivity index (χ4v) is 2.35. The number of aromatic nitrogens is 2. The Hall–Kier alpha value is -2.71. The van der Waals surface area contributed by atoms with Gasteiger partial charge in [-0.25, -0.2) is 10.5 Å². The van der Waals surface area contributed by atoms with Gasteiger partial charge in [-0.1, -0.05) is 12.1 Å². The minimum Gasteiger partial charge on any atom is -0.380 e. The minimum atomic E-state index is -0.493. The lowest BCUT2D eigenvalue weighted by Crippen LogP contribution is -2.12. The minimum absolute atomic E-state index is 0.0663. The van der Waals surface area contributed by atoms with E-state index < -0.39 is 4.92 Å². The standard InChI is InChI=1S/C15H13ClN4O4/c16-15-17-9-13(10-4-6-23-7-5-10)14(18-15)19-24-12-3-1-2-11(8-12)20(21)22/h1-4,8-9H,5-7H2,(H,17,18,19). The van der Waals surface area contributed by atoms with E-state index in [2.05, 4.69) is 15.4 Å². The summed E-state index contributed by atoms with van der Waals surface area (Å²) in [4.78, 5) is 23.8. The topological polar surface area (TPSA) is 99.4 Å². The second-order valence-electron chi connectivity index (χ2n) is 4.91. The Kier molecular flexibility index (Phi) is 4.88. The molecule has 9 heteroatoms. The monoisotopic (exact) mass is 348 g/mol. The molecule has 0 amide bonds. The summed E-state index contributed by atoms with van der Waals surface area (Å²) in [7, 11) is 0. The van der Waals surface area contributed by atoms with Crippen LogP contribution in [0.5, 0.6) is 5.75 Å². The predicted octanol–water partition coefficient (Wildman–Crippen LogP) is 3.25. The van der Waals surface area contributed by atoms with E-state index in [9.17, 15) is 10.1 Å². The largest absolute Gasteiger partial charge is 0.380 e. The van der Waals surface area contributed by atoms with E-state index >= 15 is 0 Å². The zero-order chi connectivity index (χ0) is 16.9. The number of benzene rings is 1. The highest BCUT2D eigenvalue weighted by Gasteiger charge is 2.14. The molecule has 1 aromatic carbocycles. The molecule has 1 aliphatic rings. The summed E-state index contributed by atoms with van der Waals surface area (Å²) in [5, 5.41) is 10.9. The molecule has 8 nitrogen and oxygen atoms in total. The molecule has 2 aromatic rings. The van der Waals surface area contributed by atoms with Crippen LogP contribution in [0.1, 0.15) is 12.0 Å². The summed E-state index contributed by atoms with van der Waals surface area (Å²) < 4.78 is 5.29. The van der Waals surface area contributed by atoms with Crippen molar-refractivity contribution in [2.24, 2.45) is 0 Å². The van der Waals surface area contributed by atoms with Gasteiger partial charge in [-0.15, -0.1) is 0 Å². The maximum absolute atomic E-state index is 10.8. The van der Waals surface area contributed by atoms with Gasteiger partial charge in [0.2, 0.25) is 5.28 Å². The van der Waals surface area contributed by atoms with Crippen LogP contribution in [0.15, 0.2) is 36.5 Å². The van der Waals surface area contributed by atoms with Crippen LogP contribution in [-0.4, -0.2) is 28.1 Å². The predicted molar refractivity (Wildman–Crippen MR) is 87.8 cm³/mol. The molecule has 2 heterocycles. The average molecular weight is 349 g/mol. The normalized spacial score (nSPS) is 14.0. The molecule has 124 valence electrons. The Labute approximate surface area is 142 Å². The number of nitrogens with one attached hydrogen (secondary N) is 1. The Balaban J connectivity index is 1.82. The molecule has 1 aromatic heterocycles. The smallest absolute Gasteiger partial charge is 0.273 e. The van der Waals surface area contributed by atoms with Crippen LogP contribution in [-0.2, 0) is 4.74 Å². The molecular formula is C15H13ClN4O4. The molecule has 3 rings (SSSR count). The number of halogens is 1. The van der Waals surface area contributed by atoms with Crippen molar-refractivity contribution in [2.75, 3.05) is 18.7 Å². The summed E-state index contributed by atoms with van der Waals surface area (Å²) in [5.41, 5.74) is 4.39. The number of nitro groups is 1. The van der Waals surface area contributed by atoms with Gasteiger partial charge in [0.1, 0.15) is 0 Å². The van der Waals surface area contributed by atoms with Gasteiger partial charge in [0, 0.05) is 17.8 Å². The molecule has 0 aliphatic carbocycles. The summed E-state index contributed by atoms with van der Waals surface area (Å²) in [5.74, 6) is 0.667. The Bertz CT molecular complexity index is 797. The van der Waals surface area contributed by atoms with Gasteiger partial charge < -0.3 is 9.57 Å². The molecule has 0 radical (unpaired) electrons. The van der Waals surface area contributed by atoms with Crippen molar-refractivity contribution in [3.05, 3.63) is 57.5 Å². The van der Waals surface area contributed by atoms with E-state index in [0.29, 0.717) is 19.0 Å². The SMILES string of the molecule is O=[N+]([O-])c1cccc(ONc2nc(Cl)ncc2C2=CCOCC2)c1. The van der Waals surface area contributed by atoms with Crippen molar-refractivity contribution >= 4 is 28.7 Å². The van der Waals surface area contributed by atoms with E-state index in [4.69, 9.17) is 21.2 Å². The Morgan fingerprint density at radius 3 is 3.04 bits per heavy atom. The number of non-ortho nitro benzene ring substituents is 1. The van der Waals surface area contributed by atoms with Gasteiger partial charge in [-0.2, -0.15) is 4.98 Å². The first-order valence-electron chi connectivity index (χ1n) is 7.10. The molecule has 24 heavy (non-hydrogen) atoms. The Morgan fingerprint density at radius 1 is 1.42 bits per heavy atom. The number of ether oxygens (including phenoxy) is 1. The molecule has 0 bridgehead atoms. The first-order chi connectivity index (χ1) is 11.6. The van der Waals surface area contributed by atoms with E-state index in [1.54, 1.807) is 12.3 Å². The first-order valence-corrected chi connectivity index (χ1v) is 7.48. The molecule has 0 spiro atoms. The van der Waals surface area contributed by atoms with E-state index in [0.717, 1.165) is 17.6 Å². The molecule has 0 saturated carbocycles. The van der Waals surface area contributed by atoms with Crippen LogP contribution in [0, 0.1) is 10.1 Å². The highest BCUT2D eigenvalue weighted by molar-refractivity contribution is 6.28. The molecule has 1 N–H and O–H groups in total. The highest BCUT2D eigenvalue weighted by atomic mass is 35.5. The lowest BCUT2D eigenvalue weighted by Gasteiger charge is -2.17. The number of rotatable bonds is 5. The number of nitro benzene ring substituents is 1. The van der Waals surface area contributed by atoms with Crippen LogP contribution in [0.3, 0.4) is 0 Å². The maximum Gasteiger partial charge on any atom is 0.273 e. The van der Waals surface area contributed by atoms with Crippen LogP contribution in [0.2, 0.25) is 5.28 Å². The number of anilines is 1. The quantitative estimate of drug-likeness (QED) is 0.503. The number of nitrogens with zero attached hydrogens (tertiary/aromatic N) is 3. The van der Waals surface area contributed by atoms with Crippen LogP contribution < -0.4 is 10.3 Å². The molecule has 1 aliphatic heterocycles. The molecular weight excluding hydrogens is 336 g/mol. The third-order valence-corrected chi connectivity index (χ3v) is 3.54. The van der Waals surface area contributed by atoms with Crippen molar-refractivity contribution in [3.63, 3.8) is 0 Å². The molecule has 0 fully saturated rings. The van der Waals surface area contributed by atoms with Crippen LogP contribution in [0.25, 0.3) is 5.57 Å². The van der Waals surface area contributed by atoms with Gasteiger partial charge in [-0.3, -0.25) is 10.1 Å². The third kappa shape index (κ3) is 3.79. The fraction of sp³-hybridized carbons (Fsp3) is 0.200. The van der Waals surface area contributed by atoms with Crippen molar-refractivity contribution in [1.82, 2.24) is 9.97 Å². The van der Waals surface area contributed by atoms with Gasteiger partial charge >= 0.3 is 0 Å². The summed E-state index contributed by atoms with van der Waals surface area (Å²) in [6, 6.07) is 5.82. The average Bonchev–Trinajstić information content (AvgIpc) is 2.61. The van der Waals surface area contributed by atoms with Crippen LogP contribution >= 0.6 is 11.6 Å². The van der Waals surface area contributed by atoms with Crippen molar-refractivity contribution in [1.29, 1.82) is 0 Å². The van der Waals surface area contributed by atoms with Gasteiger partial charge in [0.05, 0.1) is 24.2 Å². The van der Waals surface area contributed by atoms with Crippen LogP contribution in [0.4, 0.5) is 11.5 Å². The molecule has 0 unspecified atom stereocenters. The van der Waals surface area contributed by atoms with Crippen molar-refractivity contribution in [2.45, 2.75) is 6.42 Å². The lowest BCUT2D eigenvalue weighted by molar-refractivity contribution is -0.384. The third-order valence-electron chi connectivity index (χ3n) is 3.36. The number of hydrogen-bond acceptors (Lipinski definition) is 7. The summed E-state index contributed by atoms with van der Waals surface area (Å²) in [6.07, 6.45) is 4.26. The van der Waals surface area contributed by atoms with E-state index in [1.807, 2.05) is 6.08 Å². The fourth-order valence-electron chi connectivity index (χ4n) is 2.21. The van der Waals surface area contributed by atoms with E-state index in [1.165, 1.54) is 18.2 Å². The van der Waals surface area contributed by atoms with Gasteiger partial charge in [0.15, 0.2) is 11.6 Å². The second-order valence-corrected chi connectivity index (χ2v) is 5.25. The zero-order valence-electron chi connectivity index (χ0n) is 12.4. The summed E-state index contributed by atoms with van der Waals surface area (Å²) >= 11 is 5.85.